The van der Waals surface area contributed by atoms with E-state index < -0.39 is 20.2 Å². The lowest BCUT2D eigenvalue weighted by atomic mass is 9.84. The number of carbonyl (C=O) groups is 1. The number of nitrogens with one attached hydrogen (secondary N) is 1. The minimum Gasteiger partial charge on any atom is -0.327 e. The normalized spacial score (nSPS) is 29.7. The molecule has 24 heavy (non-hydrogen) atoms. The van der Waals surface area contributed by atoms with E-state index in [0.29, 0.717) is 5.92 Å². The summed E-state index contributed by atoms with van der Waals surface area (Å²) in [5, 5.41) is 2.51. The lowest BCUT2D eigenvalue weighted by Crippen LogP contribution is -2.42. The molecular formula is C15H17F3N2O3S. The molecule has 4 unspecified atom stereocenters. The summed E-state index contributed by atoms with van der Waals surface area (Å²) >= 11 is 0. The fraction of sp³-hybridized carbons (Fsp3) is 0.533. The van der Waals surface area contributed by atoms with Gasteiger partial charge in [-0.25, -0.2) is 8.42 Å². The average Bonchev–Trinajstić information content (AvgIpc) is 3.07. The lowest BCUT2D eigenvalue weighted by Gasteiger charge is -2.27. The van der Waals surface area contributed by atoms with E-state index in [1.807, 2.05) is 0 Å². The zero-order valence-electron chi connectivity index (χ0n) is 12.6. The van der Waals surface area contributed by atoms with Crippen LogP contribution in [0.1, 0.15) is 19.3 Å². The molecule has 3 rings (SSSR count). The molecule has 0 heterocycles. The van der Waals surface area contributed by atoms with Gasteiger partial charge in [-0.3, -0.25) is 4.79 Å². The van der Waals surface area contributed by atoms with Crippen LogP contribution in [0.4, 0.5) is 18.9 Å². The molecule has 1 amide bonds. The minimum absolute atomic E-state index is 0.0142. The maximum Gasteiger partial charge on any atom is 0.501 e. The number of hydrogen-bond donors (Lipinski definition) is 2. The van der Waals surface area contributed by atoms with Crippen LogP contribution >= 0.6 is 0 Å². The monoisotopic (exact) mass is 362 g/mol. The Balaban J connectivity index is 1.80. The van der Waals surface area contributed by atoms with Crippen molar-refractivity contribution >= 4 is 21.4 Å². The average molecular weight is 362 g/mol. The van der Waals surface area contributed by atoms with Crippen molar-refractivity contribution in [2.45, 2.75) is 35.7 Å². The fourth-order valence-electron chi connectivity index (χ4n) is 3.83. The molecule has 2 aliphatic rings. The summed E-state index contributed by atoms with van der Waals surface area (Å²) < 4.78 is 60.8. The number of rotatable bonds is 3. The summed E-state index contributed by atoms with van der Waals surface area (Å²) in [7, 11) is -5.45. The summed E-state index contributed by atoms with van der Waals surface area (Å²) in [6.07, 6.45) is 2.80. The Morgan fingerprint density at radius 1 is 1.21 bits per heavy atom. The second kappa shape index (κ2) is 5.73. The first-order chi connectivity index (χ1) is 11.1. The molecule has 1 aromatic carbocycles. The second-order valence-corrected chi connectivity index (χ2v) is 8.34. The third-order valence-electron chi connectivity index (χ3n) is 5.00. The van der Waals surface area contributed by atoms with Crippen molar-refractivity contribution in [3.8, 4) is 0 Å². The topological polar surface area (TPSA) is 89.3 Å². The number of benzene rings is 1. The van der Waals surface area contributed by atoms with Gasteiger partial charge >= 0.3 is 5.51 Å². The molecule has 0 saturated heterocycles. The van der Waals surface area contributed by atoms with E-state index >= 15 is 0 Å². The molecule has 2 bridgehead atoms. The highest BCUT2D eigenvalue weighted by Gasteiger charge is 2.49. The first kappa shape index (κ1) is 17.2. The Hall–Kier alpha value is -1.61. The van der Waals surface area contributed by atoms with Crippen molar-refractivity contribution < 1.29 is 26.4 Å². The Morgan fingerprint density at radius 2 is 1.88 bits per heavy atom. The van der Waals surface area contributed by atoms with E-state index in [1.165, 1.54) is 6.07 Å². The van der Waals surface area contributed by atoms with Crippen LogP contribution in [-0.2, 0) is 14.6 Å². The summed E-state index contributed by atoms with van der Waals surface area (Å²) in [6, 6.07) is 3.92. The van der Waals surface area contributed by atoms with Crippen molar-refractivity contribution in [2.24, 2.45) is 23.5 Å². The second-order valence-electron chi connectivity index (χ2n) is 6.40. The van der Waals surface area contributed by atoms with E-state index in [4.69, 9.17) is 5.73 Å². The molecule has 1 aromatic rings. The first-order valence-corrected chi connectivity index (χ1v) is 9.07. The number of amides is 1. The van der Waals surface area contributed by atoms with Crippen molar-refractivity contribution in [1.29, 1.82) is 0 Å². The third kappa shape index (κ3) is 2.79. The smallest absolute Gasteiger partial charge is 0.327 e. The van der Waals surface area contributed by atoms with Crippen LogP contribution < -0.4 is 11.1 Å². The largest absolute Gasteiger partial charge is 0.501 e. The van der Waals surface area contributed by atoms with Crippen molar-refractivity contribution in [1.82, 2.24) is 0 Å². The van der Waals surface area contributed by atoms with Crippen LogP contribution in [-0.4, -0.2) is 25.9 Å². The molecule has 132 valence electrons. The van der Waals surface area contributed by atoms with Gasteiger partial charge in [-0.05, 0) is 49.3 Å². The molecule has 4 atom stereocenters. The SMILES string of the molecule is NC1C2CCC(C2)C1C(=O)Nc1cccc(S(=O)(=O)C(F)(F)F)c1. The van der Waals surface area contributed by atoms with Gasteiger partial charge in [-0.1, -0.05) is 6.07 Å². The van der Waals surface area contributed by atoms with E-state index in [-0.39, 0.29) is 29.5 Å². The van der Waals surface area contributed by atoms with Crippen LogP contribution in [0.5, 0.6) is 0 Å². The Kier molecular flexibility index (Phi) is 4.11. The molecule has 0 radical (unpaired) electrons. The molecule has 2 saturated carbocycles. The van der Waals surface area contributed by atoms with E-state index in [1.54, 1.807) is 0 Å². The number of halogens is 3. The third-order valence-corrected chi connectivity index (χ3v) is 6.48. The van der Waals surface area contributed by atoms with Crippen LogP contribution in [0.2, 0.25) is 0 Å². The van der Waals surface area contributed by atoms with Crippen LogP contribution in [0, 0.1) is 17.8 Å². The predicted octanol–water partition coefficient (Wildman–Crippen LogP) is 2.29. The Morgan fingerprint density at radius 3 is 2.46 bits per heavy atom. The summed E-state index contributed by atoms with van der Waals surface area (Å²) in [5.41, 5.74) is 0.697. The van der Waals surface area contributed by atoms with Crippen LogP contribution in [0.3, 0.4) is 0 Å². The van der Waals surface area contributed by atoms with Crippen LogP contribution in [0.25, 0.3) is 0 Å². The molecule has 9 heteroatoms. The van der Waals surface area contributed by atoms with E-state index in [9.17, 15) is 26.4 Å². The molecule has 5 nitrogen and oxygen atoms in total. The highest BCUT2D eigenvalue weighted by molar-refractivity contribution is 7.92. The number of nitrogens with two attached hydrogens (primary N) is 1. The molecule has 0 spiro atoms. The molecule has 2 aliphatic carbocycles. The molecular weight excluding hydrogens is 345 g/mol. The molecule has 3 N–H and O–H groups in total. The van der Waals surface area contributed by atoms with Gasteiger partial charge in [0.1, 0.15) is 0 Å². The van der Waals surface area contributed by atoms with Gasteiger partial charge in [0.2, 0.25) is 5.91 Å². The summed E-state index contributed by atoms with van der Waals surface area (Å²) in [5.74, 6) is -0.252. The minimum atomic E-state index is -5.45. The zero-order chi connectivity index (χ0) is 17.7. The highest BCUT2D eigenvalue weighted by Crippen LogP contribution is 2.48. The maximum atomic E-state index is 12.6. The predicted molar refractivity (Wildman–Crippen MR) is 80.6 cm³/mol. The first-order valence-electron chi connectivity index (χ1n) is 7.59. The van der Waals surface area contributed by atoms with Gasteiger partial charge < -0.3 is 11.1 Å². The fourth-order valence-corrected chi connectivity index (χ4v) is 4.63. The highest BCUT2D eigenvalue weighted by atomic mass is 32.2. The van der Waals surface area contributed by atoms with Crippen molar-refractivity contribution in [3.63, 3.8) is 0 Å². The van der Waals surface area contributed by atoms with Gasteiger partial charge in [0.25, 0.3) is 9.84 Å². The number of hydrogen-bond acceptors (Lipinski definition) is 4. The number of sulfone groups is 1. The standard InChI is InChI=1S/C15H17F3N2O3S/c16-15(17,18)24(22,23)11-3-1-2-10(7-11)20-14(21)12-8-4-5-9(6-8)13(12)19/h1-3,7-9,12-13H,4-6,19H2,(H,20,21). The number of anilines is 1. The molecule has 0 aromatic heterocycles. The molecule has 2 fully saturated rings. The quantitative estimate of drug-likeness (QED) is 0.863. The number of carbonyl (C=O) groups excluding carboxylic acids is 1. The van der Waals surface area contributed by atoms with E-state index in [2.05, 4.69) is 5.32 Å². The van der Waals surface area contributed by atoms with Gasteiger partial charge in [0, 0.05) is 11.7 Å². The van der Waals surface area contributed by atoms with Crippen molar-refractivity contribution in [3.05, 3.63) is 24.3 Å². The zero-order valence-corrected chi connectivity index (χ0v) is 13.4. The van der Waals surface area contributed by atoms with Gasteiger partial charge in [-0.2, -0.15) is 13.2 Å². The molecule has 0 aliphatic heterocycles. The van der Waals surface area contributed by atoms with Gasteiger partial charge in [0.05, 0.1) is 10.8 Å². The van der Waals surface area contributed by atoms with E-state index in [0.717, 1.165) is 37.5 Å². The maximum absolute atomic E-state index is 12.6. The summed E-state index contributed by atoms with van der Waals surface area (Å²) in [4.78, 5) is 11.5. The van der Waals surface area contributed by atoms with Crippen LogP contribution in [0.15, 0.2) is 29.2 Å². The van der Waals surface area contributed by atoms with Gasteiger partial charge in [0.15, 0.2) is 0 Å². The summed E-state index contributed by atoms with van der Waals surface area (Å²) in [6.45, 7) is 0. The lowest BCUT2D eigenvalue weighted by molar-refractivity contribution is -0.121. The Bertz CT molecular complexity index is 761. The number of fused-ring (bicyclic) bond motifs is 2. The van der Waals surface area contributed by atoms with Gasteiger partial charge in [-0.15, -0.1) is 0 Å². The number of alkyl halides is 3. The van der Waals surface area contributed by atoms with Crippen molar-refractivity contribution in [2.75, 3.05) is 5.32 Å². The Labute approximate surface area is 137 Å².